The van der Waals surface area contributed by atoms with Crippen molar-refractivity contribution in [2.45, 2.75) is 12.2 Å². The van der Waals surface area contributed by atoms with E-state index in [4.69, 9.17) is 11.6 Å². The van der Waals surface area contributed by atoms with E-state index in [0.29, 0.717) is 12.1 Å². The van der Waals surface area contributed by atoms with E-state index >= 15 is 0 Å². The summed E-state index contributed by atoms with van der Waals surface area (Å²) in [5.41, 5.74) is -2.30. The topological polar surface area (TPSA) is 121 Å². The SMILES string of the molecule is O=C(Nc1cc(NC(=O)C2CS(=O)(=O)C2)cc2c1C(c1cc(F)ccc1Cl)NC2=O)c1cc(F)cc(C(F)(F)F)c1. The Morgan fingerprint density at radius 3 is 2.32 bits per heavy atom. The molecule has 0 spiro atoms. The lowest BCUT2D eigenvalue weighted by atomic mass is 9.95. The maximum atomic E-state index is 14.1. The Labute approximate surface area is 233 Å². The van der Waals surface area contributed by atoms with Crippen LogP contribution in [0.1, 0.15) is 43.4 Å². The van der Waals surface area contributed by atoms with Crippen molar-refractivity contribution >= 4 is 50.5 Å². The first-order chi connectivity index (χ1) is 19.1. The number of amides is 3. The average Bonchev–Trinajstić information content (AvgIpc) is 3.19. The second-order valence-electron chi connectivity index (χ2n) is 9.50. The zero-order valence-corrected chi connectivity index (χ0v) is 22.0. The van der Waals surface area contributed by atoms with Gasteiger partial charge >= 0.3 is 6.18 Å². The van der Waals surface area contributed by atoms with Crippen LogP contribution in [0.15, 0.2) is 48.5 Å². The van der Waals surface area contributed by atoms with E-state index in [9.17, 15) is 44.8 Å². The molecule has 0 radical (unpaired) electrons. The number of fused-ring (bicyclic) bond motifs is 1. The van der Waals surface area contributed by atoms with Crippen LogP contribution in [0.25, 0.3) is 0 Å². The third kappa shape index (κ3) is 5.75. The lowest BCUT2D eigenvalue weighted by Gasteiger charge is -2.25. The van der Waals surface area contributed by atoms with Gasteiger partial charge in [0.1, 0.15) is 11.6 Å². The minimum Gasteiger partial charge on any atom is -0.341 e. The predicted molar refractivity (Wildman–Crippen MR) is 137 cm³/mol. The van der Waals surface area contributed by atoms with E-state index in [1.54, 1.807) is 0 Å². The number of carbonyl (C=O) groups excluding carboxylic acids is 3. The fraction of sp³-hybridized carbons (Fsp3) is 0.192. The van der Waals surface area contributed by atoms with Crippen molar-refractivity contribution in [3.05, 3.63) is 93.0 Å². The number of halogens is 6. The molecule has 3 aromatic rings. The van der Waals surface area contributed by atoms with Crippen molar-refractivity contribution in [2.75, 3.05) is 22.1 Å². The Morgan fingerprint density at radius 2 is 1.66 bits per heavy atom. The number of rotatable bonds is 5. The van der Waals surface area contributed by atoms with Gasteiger partial charge in [0.25, 0.3) is 11.8 Å². The van der Waals surface area contributed by atoms with Crippen molar-refractivity contribution in [2.24, 2.45) is 5.92 Å². The summed E-state index contributed by atoms with van der Waals surface area (Å²) in [6.45, 7) is 0. The molecule has 214 valence electrons. The molecule has 0 aliphatic carbocycles. The molecule has 2 aliphatic heterocycles. The maximum absolute atomic E-state index is 14.1. The summed E-state index contributed by atoms with van der Waals surface area (Å²) in [5.74, 6) is -6.22. The first kappa shape index (κ1) is 28.5. The minimum absolute atomic E-state index is 0.0466. The molecule has 0 bridgehead atoms. The highest BCUT2D eigenvalue weighted by atomic mass is 35.5. The van der Waals surface area contributed by atoms with E-state index in [-0.39, 0.29) is 50.7 Å². The summed E-state index contributed by atoms with van der Waals surface area (Å²) >= 11 is 6.24. The van der Waals surface area contributed by atoms with E-state index in [0.717, 1.165) is 12.1 Å². The van der Waals surface area contributed by atoms with Crippen LogP contribution < -0.4 is 16.0 Å². The van der Waals surface area contributed by atoms with Gasteiger partial charge in [-0.05, 0) is 48.5 Å². The number of sulfone groups is 1. The Kier molecular flexibility index (Phi) is 7.02. The van der Waals surface area contributed by atoms with Gasteiger partial charge in [-0.25, -0.2) is 17.2 Å². The second-order valence-corrected chi connectivity index (χ2v) is 12.1. The van der Waals surface area contributed by atoms with Crippen LogP contribution in [0, 0.1) is 17.6 Å². The monoisotopic (exact) mass is 613 g/mol. The molecule has 0 saturated carbocycles. The van der Waals surface area contributed by atoms with E-state index in [1.807, 2.05) is 0 Å². The van der Waals surface area contributed by atoms with Crippen molar-refractivity contribution in [1.82, 2.24) is 5.32 Å². The Morgan fingerprint density at radius 1 is 0.951 bits per heavy atom. The van der Waals surface area contributed by atoms with Gasteiger partial charge in [0.2, 0.25) is 5.91 Å². The zero-order valence-electron chi connectivity index (χ0n) is 20.4. The van der Waals surface area contributed by atoms with Crippen LogP contribution in [0.3, 0.4) is 0 Å². The molecule has 8 nitrogen and oxygen atoms in total. The van der Waals surface area contributed by atoms with E-state index in [2.05, 4.69) is 16.0 Å². The quantitative estimate of drug-likeness (QED) is 0.360. The maximum Gasteiger partial charge on any atom is 0.416 e. The Bertz CT molecular complexity index is 1730. The lowest BCUT2D eigenvalue weighted by molar-refractivity contribution is -0.137. The molecule has 3 N–H and O–H groups in total. The number of hydrogen-bond donors (Lipinski definition) is 3. The van der Waals surface area contributed by atoms with E-state index in [1.165, 1.54) is 18.2 Å². The van der Waals surface area contributed by atoms with Crippen LogP contribution in [-0.4, -0.2) is 37.6 Å². The number of alkyl halides is 3. The fourth-order valence-corrected chi connectivity index (χ4v) is 6.27. The highest BCUT2D eigenvalue weighted by molar-refractivity contribution is 7.92. The molecule has 2 aliphatic rings. The molecular formula is C26H17ClF5N3O5S. The molecule has 5 rings (SSSR count). The summed E-state index contributed by atoms with van der Waals surface area (Å²) in [4.78, 5) is 38.6. The average molecular weight is 614 g/mol. The summed E-state index contributed by atoms with van der Waals surface area (Å²) in [6.07, 6.45) is -4.95. The van der Waals surface area contributed by atoms with Crippen molar-refractivity contribution < 1.29 is 44.8 Å². The van der Waals surface area contributed by atoms with Crippen LogP contribution in [0.5, 0.6) is 0 Å². The molecule has 3 amide bonds. The smallest absolute Gasteiger partial charge is 0.341 e. The third-order valence-corrected chi connectivity index (χ3v) is 8.71. The van der Waals surface area contributed by atoms with Gasteiger partial charge in [-0.1, -0.05) is 11.6 Å². The fourth-order valence-electron chi connectivity index (χ4n) is 4.62. The standard InChI is InChI=1S/C26H17ClF5N3O5S/c27-19-2-1-14(28)6-17(19)22-21-18(25(38)35-22)7-16(33-24(37)12-9-41(39,40)10-12)8-20(21)34-23(36)11-3-13(26(30,31)32)5-15(29)4-11/h1-8,12,22H,9-10H2,(H,33,37)(H,34,36)(H,35,38). The van der Waals surface area contributed by atoms with Crippen molar-refractivity contribution in [3.8, 4) is 0 Å². The largest absolute Gasteiger partial charge is 0.416 e. The molecule has 1 fully saturated rings. The highest BCUT2D eigenvalue weighted by Gasteiger charge is 2.40. The van der Waals surface area contributed by atoms with Gasteiger partial charge in [-0.2, -0.15) is 13.2 Å². The van der Waals surface area contributed by atoms with Gasteiger partial charge in [0.05, 0.1) is 29.0 Å². The first-order valence-corrected chi connectivity index (χ1v) is 14.0. The number of hydrogen-bond acceptors (Lipinski definition) is 5. The summed E-state index contributed by atoms with van der Waals surface area (Å²) in [5, 5.41) is 7.46. The summed E-state index contributed by atoms with van der Waals surface area (Å²) < 4.78 is 90.7. The van der Waals surface area contributed by atoms with Crippen LogP contribution in [-0.2, 0) is 20.8 Å². The van der Waals surface area contributed by atoms with E-state index < -0.39 is 68.5 Å². The molecular weight excluding hydrogens is 597 g/mol. The van der Waals surface area contributed by atoms with Crippen LogP contribution in [0.4, 0.5) is 33.3 Å². The molecule has 3 aromatic carbocycles. The molecule has 2 heterocycles. The molecule has 1 saturated heterocycles. The lowest BCUT2D eigenvalue weighted by Crippen LogP contribution is -2.44. The van der Waals surface area contributed by atoms with Gasteiger partial charge in [-0.15, -0.1) is 0 Å². The predicted octanol–water partition coefficient (Wildman–Crippen LogP) is 4.71. The van der Waals surface area contributed by atoms with Crippen molar-refractivity contribution in [1.29, 1.82) is 0 Å². The summed E-state index contributed by atoms with van der Waals surface area (Å²) in [6, 6.07) is 5.89. The number of nitrogens with one attached hydrogen (secondary N) is 3. The highest BCUT2D eigenvalue weighted by Crippen LogP contribution is 2.41. The molecule has 15 heteroatoms. The number of carbonyl (C=O) groups is 3. The van der Waals surface area contributed by atoms with Gasteiger partial charge < -0.3 is 16.0 Å². The Hall–Kier alpha value is -4.04. The first-order valence-electron chi connectivity index (χ1n) is 11.8. The van der Waals surface area contributed by atoms with Crippen LogP contribution >= 0.6 is 11.6 Å². The number of benzene rings is 3. The van der Waals surface area contributed by atoms with Gasteiger partial charge in [0.15, 0.2) is 9.84 Å². The van der Waals surface area contributed by atoms with Gasteiger partial charge in [0, 0.05) is 38.7 Å². The molecule has 1 atom stereocenters. The third-order valence-electron chi connectivity index (χ3n) is 6.54. The number of anilines is 2. The van der Waals surface area contributed by atoms with Gasteiger partial charge in [-0.3, -0.25) is 14.4 Å². The molecule has 41 heavy (non-hydrogen) atoms. The minimum atomic E-state index is -4.95. The van der Waals surface area contributed by atoms with Crippen LogP contribution in [0.2, 0.25) is 5.02 Å². The zero-order chi connectivity index (χ0) is 29.9. The Balaban J connectivity index is 1.57. The molecule has 1 unspecified atom stereocenters. The summed E-state index contributed by atoms with van der Waals surface area (Å²) in [7, 11) is -3.34. The molecule has 0 aromatic heterocycles. The second kappa shape index (κ2) is 10.1. The normalized spacial score (nSPS) is 17.8. The van der Waals surface area contributed by atoms with Crippen molar-refractivity contribution in [3.63, 3.8) is 0 Å².